The third-order valence-electron chi connectivity index (χ3n) is 2.64. The van der Waals surface area contributed by atoms with E-state index in [1.54, 1.807) is 6.92 Å². The Morgan fingerprint density at radius 1 is 1.20 bits per heavy atom. The van der Waals surface area contributed by atoms with E-state index in [0.717, 1.165) is 0 Å². The number of primary sulfonamides is 1. The van der Waals surface area contributed by atoms with Crippen LogP contribution < -0.4 is 15.8 Å². The zero-order valence-corrected chi connectivity index (χ0v) is 12.0. The fourth-order valence-electron chi connectivity index (χ4n) is 1.31. The molecule has 20 heavy (non-hydrogen) atoms. The Kier molecular flexibility index (Phi) is 5.23. The minimum Gasteiger partial charge on any atom is -0.345 e. The minimum absolute atomic E-state index is 0.0699. The second kappa shape index (κ2) is 6.49. The predicted octanol–water partition coefficient (Wildman–Crippen LogP) is 0.187. The molecular weight excluding hydrogens is 282 g/mol. The molecule has 0 aliphatic rings. The first-order chi connectivity index (χ1) is 9.24. The molecular formula is C12H17N3O4S. The summed E-state index contributed by atoms with van der Waals surface area (Å²) in [5, 5.41) is 9.83. The van der Waals surface area contributed by atoms with E-state index in [1.165, 1.54) is 24.3 Å². The van der Waals surface area contributed by atoms with Gasteiger partial charge in [-0.15, -0.1) is 0 Å². The van der Waals surface area contributed by atoms with Crippen LogP contribution in [0.3, 0.4) is 0 Å². The molecule has 1 aromatic carbocycles. The van der Waals surface area contributed by atoms with Gasteiger partial charge in [0.25, 0.3) is 0 Å². The molecule has 0 radical (unpaired) electrons. The van der Waals surface area contributed by atoms with E-state index in [9.17, 15) is 18.0 Å². The highest BCUT2D eigenvalue weighted by Gasteiger charge is 2.15. The van der Waals surface area contributed by atoms with E-state index in [2.05, 4.69) is 10.6 Å². The van der Waals surface area contributed by atoms with E-state index in [4.69, 9.17) is 5.14 Å². The number of nitrogens with one attached hydrogen (secondary N) is 2. The van der Waals surface area contributed by atoms with Crippen LogP contribution in [0.25, 0.3) is 0 Å². The number of benzene rings is 1. The highest BCUT2D eigenvalue weighted by atomic mass is 32.2. The molecule has 1 rings (SSSR count). The number of hydrogen-bond donors (Lipinski definition) is 3. The molecule has 0 aromatic heterocycles. The van der Waals surface area contributed by atoms with Gasteiger partial charge in [0.2, 0.25) is 10.0 Å². The second-order valence-electron chi connectivity index (χ2n) is 4.31. The monoisotopic (exact) mass is 299 g/mol. The number of anilines is 1. The quantitative estimate of drug-likeness (QED) is 0.687. The van der Waals surface area contributed by atoms with E-state index in [0.29, 0.717) is 12.1 Å². The highest BCUT2D eigenvalue weighted by Crippen LogP contribution is 2.12. The van der Waals surface area contributed by atoms with Crippen molar-refractivity contribution in [1.29, 1.82) is 0 Å². The number of nitrogens with two attached hydrogens (primary N) is 1. The van der Waals surface area contributed by atoms with Crippen LogP contribution in [0.2, 0.25) is 0 Å². The summed E-state index contributed by atoms with van der Waals surface area (Å²) in [6.45, 7) is 3.67. The van der Waals surface area contributed by atoms with Crippen LogP contribution in [0.4, 0.5) is 5.69 Å². The van der Waals surface area contributed by atoms with Crippen molar-refractivity contribution in [3.63, 3.8) is 0 Å². The van der Waals surface area contributed by atoms with Crippen molar-refractivity contribution < 1.29 is 18.0 Å². The molecule has 7 nitrogen and oxygen atoms in total. The number of hydrogen-bond acceptors (Lipinski definition) is 4. The van der Waals surface area contributed by atoms with Crippen molar-refractivity contribution in [2.75, 3.05) is 5.32 Å². The zero-order chi connectivity index (χ0) is 15.3. The SMILES string of the molecule is CCC(C)NC(=O)C(=O)Nc1ccc(S(N)(=O)=O)cc1. The average molecular weight is 299 g/mol. The summed E-state index contributed by atoms with van der Waals surface area (Å²) in [5.74, 6) is -1.55. The normalized spacial score (nSPS) is 12.6. The molecule has 0 heterocycles. The largest absolute Gasteiger partial charge is 0.345 e. The fraction of sp³-hybridized carbons (Fsp3) is 0.333. The van der Waals surface area contributed by atoms with Crippen molar-refractivity contribution in [3.8, 4) is 0 Å². The molecule has 8 heteroatoms. The standard InChI is InChI=1S/C12H17N3O4S/c1-3-8(2)14-11(16)12(17)15-9-4-6-10(7-5-9)20(13,18)19/h4-8H,3H2,1-2H3,(H,14,16)(H,15,17)(H2,13,18,19). The summed E-state index contributed by atoms with van der Waals surface area (Å²) in [6, 6.07) is 5.11. The Hall–Kier alpha value is -1.93. The Morgan fingerprint density at radius 2 is 1.75 bits per heavy atom. The molecule has 4 N–H and O–H groups in total. The predicted molar refractivity (Wildman–Crippen MR) is 74.3 cm³/mol. The van der Waals surface area contributed by atoms with Gasteiger partial charge < -0.3 is 10.6 Å². The number of sulfonamides is 1. The average Bonchev–Trinajstić information content (AvgIpc) is 2.38. The van der Waals surface area contributed by atoms with E-state index >= 15 is 0 Å². The third-order valence-corrected chi connectivity index (χ3v) is 3.57. The molecule has 1 aromatic rings. The van der Waals surface area contributed by atoms with Crippen LogP contribution in [-0.4, -0.2) is 26.3 Å². The summed E-state index contributed by atoms with van der Waals surface area (Å²) < 4.78 is 22.1. The zero-order valence-electron chi connectivity index (χ0n) is 11.2. The molecule has 1 atom stereocenters. The first-order valence-electron chi connectivity index (χ1n) is 5.98. The lowest BCUT2D eigenvalue weighted by atomic mass is 10.2. The van der Waals surface area contributed by atoms with Crippen molar-refractivity contribution >= 4 is 27.5 Å². The van der Waals surface area contributed by atoms with Crippen molar-refractivity contribution in [2.45, 2.75) is 31.2 Å². The molecule has 110 valence electrons. The van der Waals surface area contributed by atoms with Gasteiger partial charge in [0.15, 0.2) is 0 Å². The Bertz CT molecular complexity index is 596. The van der Waals surface area contributed by atoms with Crippen molar-refractivity contribution in [3.05, 3.63) is 24.3 Å². The van der Waals surface area contributed by atoms with Crippen molar-refractivity contribution in [1.82, 2.24) is 5.32 Å². The first-order valence-corrected chi connectivity index (χ1v) is 7.53. The maximum atomic E-state index is 11.6. The van der Waals surface area contributed by atoms with Gasteiger partial charge in [-0.25, -0.2) is 13.6 Å². The maximum Gasteiger partial charge on any atom is 0.313 e. The molecule has 1 unspecified atom stereocenters. The van der Waals surface area contributed by atoms with E-state index in [1.807, 2.05) is 6.92 Å². The fourth-order valence-corrected chi connectivity index (χ4v) is 1.82. The minimum atomic E-state index is -3.78. The van der Waals surface area contributed by atoms with Gasteiger partial charge in [0.05, 0.1) is 4.90 Å². The summed E-state index contributed by atoms with van der Waals surface area (Å²) in [7, 11) is -3.78. The second-order valence-corrected chi connectivity index (χ2v) is 5.87. The van der Waals surface area contributed by atoms with Crippen LogP contribution >= 0.6 is 0 Å². The van der Waals surface area contributed by atoms with Gasteiger partial charge in [-0.05, 0) is 37.6 Å². The summed E-state index contributed by atoms with van der Waals surface area (Å²) in [6.07, 6.45) is 0.710. The van der Waals surface area contributed by atoms with Crippen LogP contribution in [0.5, 0.6) is 0 Å². The Labute approximate surface area is 117 Å². The molecule has 0 fully saturated rings. The Morgan fingerprint density at radius 3 is 2.20 bits per heavy atom. The van der Waals surface area contributed by atoms with Crippen LogP contribution in [-0.2, 0) is 19.6 Å². The van der Waals surface area contributed by atoms with E-state index < -0.39 is 21.8 Å². The maximum absolute atomic E-state index is 11.6. The lowest BCUT2D eigenvalue weighted by Gasteiger charge is -2.11. The number of carbonyl (C=O) groups is 2. The number of rotatable bonds is 4. The molecule has 0 aliphatic carbocycles. The topological polar surface area (TPSA) is 118 Å². The van der Waals surface area contributed by atoms with Gasteiger partial charge in [-0.2, -0.15) is 0 Å². The van der Waals surface area contributed by atoms with Gasteiger partial charge in [0, 0.05) is 11.7 Å². The number of amides is 2. The molecule has 0 saturated heterocycles. The van der Waals surface area contributed by atoms with Gasteiger partial charge in [-0.1, -0.05) is 6.92 Å². The number of carbonyl (C=O) groups excluding carboxylic acids is 2. The molecule has 0 aliphatic heterocycles. The smallest absolute Gasteiger partial charge is 0.313 e. The van der Waals surface area contributed by atoms with Crippen LogP contribution in [0.15, 0.2) is 29.2 Å². The van der Waals surface area contributed by atoms with Gasteiger partial charge in [0.1, 0.15) is 0 Å². The summed E-state index contributed by atoms with van der Waals surface area (Å²) >= 11 is 0. The van der Waals surface area contributed by atoms with E-state index in [-0.39, 0.29) is 10.9 Å². The summed E-state index contributed by atoms with van der Waals surface area (Å²) in [5.41, 5.74) is 0.307. The Balaban J connectivity index is 2.70. The third kappa shape index (κ3) is 4.63. The van der Waals surface area contributed by atoms with Gasteiger partial charge >= 0.3 is 11.8 Å². The highest BCUT2D eigenvalue weighted by molar-refractivity contribution is 7.89. The molecule has 0 saturated carbocycles. The lowest BCUT2D eigenvalue weighted by molar-refractivity contribution is -0.136. The molecule has 0 spiro atoms. The van der Waals surface area contributed by atoms with Crippen molar-refractivity contribution in [2.24, 2.45) is 5.14 Å². The summed E-state index contributed by atoms with van der Waals surface area (Å²) in [4.78, 5) is 23.0. The first kappa shape index (κ1) is 16.1. The lowest BCUT2D eigenvalue weighted by Crippen LogP contribution is -2.40. The molecule has 0 bridgehead atoms. The molecule has 2 amide bonds. The van der Waals surface area contributed by atoms with Crippen LogP contribution in [0.1, 0.15) is 20.3 Å². The van der Waals surface area contributed by atoms with Crippen LogP contribution in [0, 0.1) is 0 Å². The van der Waals surface area contributed by atoms with Gasteiger partial charge in [-0.3, -0.25) is 9.59 Å².